The quantitative estimate of drug-likeness (QED) is 0.772. The third-order valence-corrected chi connectivity index (χ3v) is 5.15. The molecule has 1 saturated carbocycles. The van der Waals surface area contributed by atoms with Gasteiger partial charge in [-0.1, -0.05) is 20.8 Å². The molecular weight excluding hydrogens is 224 g/mol. The predicted octanol–water partition coefficient (Wildman–Crippen LogP) is 3.77. The second-order valence-corrected chi connectivity index (χ2v) is 8.66. The van der Waals surface area contributed by atoms with Crippen molar-refractivity contribution < 1.29 is 9.84 Å². The van der Waals surface area contributed by atoms with Gasteiger partial charge < -0.3 is 9.84 Å². The summed E-state index contributed by atoms with van der Waals surface area (Å²) < 4.78 is 6.18. The summed E-state index contributed by atoms with van der Waals surface area (Å²) in [6, 6.07) is 0. The smallest absolute Gasteiger partial charge is 0.0734 e. The Morgan fingerprint density at radius 3 is 1.89 bits per heavy atom. The summed E-state index contributed by atoms with van der Waals surface area (Å²) in [5.41, 5.74) is -0.666. The van der Waals surface area contributed by atoms with Gasteiger partial charge in [-0.25, -0.2) is 0 Å². The molecule has 3 unspecified atom stereocenters. The average molecular weight is 254 g/mol. The maximum absolute atomic E-state index is 11.3. The second-order valence-electron chi connectivity index (χ2n) is 8.66. The minimum atomic E-state index is -0.569. The normalized spacial score (nSPS) is 45.3. The van der Waals surface area contributed by atoms with Crippen LogP contribution in [0.1, 0.15) is 67.7 Å². The van der Waals surface area contributed by atoms with E-state index in [9.17, 15) is 5.11 Å². The van der Waals surface area contributed by atoms with Gasteiger partial charge in [-0.3, -0.25) is 0 Å². The lowest BCUT2D eigenvalue weighted by Crippen LogP contribution is -2.48. The summed E-state index contributed by atoms with van der Waals surface area (Å²) in [4.78, 5) is 0. The Morgan fingerprint density at radius 1 is 1.00 bits per heavy atom. The van der Waals surface area contributed by atoms with Gasteiger partial charge >= 0.3 is 0 Å². The molecule has 0 radical (unpaired) electrons. The molecule has 3 atom stereocenters. The van der Waals surface area contributed by atoms with E-state index < -0.39 is 5.60 Å². The Kier molecular flexibility index (Phi) is 2.97. The lowest BCUT2D eigenvalue weighted by molar-refractivity contribution is -0.125. The zero-order valence-corrected chi connectivity index (χ0v) is 13.1. The van der Waals surface area contributed by atoms with Gasteiger partial charge in [0.2, 0.25) is 0 Å². The molecule has 0 spiro atoms. The fourth-order valence-electron chi connectivity index (χ4n) is 4.83. The molecule has 1 N–H and O–H groups in total. The van der Waals surface area contributed by atoms with Gasteiger partial charge in [0, 0.05) is 5.92 Å². The van der Waals surface area contributed by atoms with Gasteiger partial charge in [-0.05, 0) is 58.3 Å². The SMILES string of the molecule is CC1CC(C)(C)CC1(O)C1CC(C)(C)OC1(C)C. The van der Waals surface area contributed by atoms with Gasteiger partial charge in [-0.2, -0.15) is 0 Å². The van der Waals surface area contributed by atoms with Gasteiger partial charge in [0.15, 0.2) is 0 Å². The van der Waals surface area contributed by atoms with Crippen molar-refractivity contribution in [1.29, 1.82) is 0 Å². The Hall–Kier alpha value is -0.0800. The third kappa shape index (κ3) is 2.22. The summed E-state index contributed by atoms with van der Waals surface area (Å²) >= 11 is 0. The van der Waals surface area contributed by atoms with Crippen LogP contribution < -0.4 is 0 Å². The molecule has 0 aromatic rings. The highest BCUT2D eigenvalue weighted by Gasteiger charge is 2.60. The van der Waals surface area contributed by atoms with Crippen LogP contribution in [0.25, 0.3) is 0 Å². The van der Waals surface area contributed by atoms with Crippen LogP contribution in [0.4, 0.5) is 0 Å². The molecule has 1 heterocycles. The van der Waals surface area contributed by atoms with Crippen molar-refractivity contribution in [2.75, 3.05) is 0 Å². The van der Waals surface area contributed by atoms with Crippen molar-refractivity contribution >= 4 is 0 Å². The topological polar surface area (TPSA) is 29.5 Å². The minimum Gasteiger partial charge on any atom is -0.389 e. The number of hydrogen-bond acceptors (Lipinski definition) is 2. The van der Waals surface area contributed by atoms with Crippen LogP contribution in [0.2, 0.25) is 0 Å². The monoisotopic (exact) mass is 254 g/mol. The zero-order valence-electron chi connectivity index (χ0n) is 13.1. The lowest BCUT2D eigenvalue weighted by atomic mass is 9.70. The molecule has 2 fully saturated rings. The van der Waals surface area contributed by atoms with E-state index in [0.717, 1.165) is 19.3 Å². The Morgan fingerprint density at radius 2 is 1.56 bits per heavy atom. The summed E-state index contributed by atoms with van der Waals surface area (Å²) in [7, 11) is 0. The summed E-state index contributed by atoms with van der Waals surface area (Å²) in [5.74, 6) is 0.589. The molecule has 18 heavy (non-hydrogen) atoms. The second kappa shape index (κ2) is 3.73. The number of aliphatic hydroxyl groups is 1. The Bertz CT molecular complexity index is 343. The minimum absolute atomic E-state index is 0.115. The van der Waals surface area contributed by atoms with E-state index in [0.29, 0.717) is 5.92 Å². The van der Waals surface area contributed by atoms with E-state index in [4.69, 9.17) is 4.74 Å². The van der Waals surface area contributed by atoms with Gasteiger partial charge in [0.25, 0.3) is 0 Å². The first kappa shape index (κ1) is 14.3. The van der Waals surface area contributed by atoms with Gasteiger partial charge in [0.05, 0.1) is 16.8 Å². The molecule has 2 nitrogen and oxygen atoms in total. The fourth-order valence-corrected chi connectivity index (χ4v) is 4.83. The van der Waals surface area contributed by atoms with Crippen LogP contribution in [0.15, 0.2) is 0 Å². The van der Waals surface area contributed by atoms with Crippen molar-refractivity contribution in [3.8, 4) is 0 Å². The molecule has 0 aromatic heterocycles. The molecule has 2 heteroatoms. The Balaban J connectivity index is 2.31. The molecular formula is C16H30O2. The number of hydrogen-bond donors (Lipinski definition) is 1. The van der Waals surface area contributed by atoms with E-state index in [1.165, 1.54) is 0 Å². The van der Waals surface area contributed by atoms with Crippen LogP contribution in [0.3, 0.4) is 0 Å². The van der Waals surface area contributed by atoms with Gasteiger partial charge in [-0.15, -0.1) is 0 Å². The zero-order chi connectivity index (χ0) is 14.0. The summed E-state index contributed by atoms with van der Waals surface area (Å²) in [6.07, 6.45) is 2.96. The molecule has 0 aromatic carbocycles. The Labute approximate surface area is 112 Å². The van der Waals surface area contributed by atoms with Crippen molar-refractivity contribution in [3.63, 3.8) is 0 Å². The van der Waals surface area contributed by atoms with E-state index in [1.54, 1.807) is 0 Å². The van der Waals surface area contributed by atoms with E-state index in [-0.39, 0.29) is 22.5 Å². The highest BCUT2D eigenvalue weighted by molar-refractivity contribution is 5.10. The van der Waals surface area contributed by atoms with Crippen molar-refractivity contribution in [3.05, 3.63) is 0 Å². The average Bonchev–Trinajstić information content (AvgIpc) is 2.43. The largest absolute Gasteiger partial charge is 0.389 e. The molecule has 1 saturated heterocycles. The first-order chi connectivity index (χ1) is 7.88. The number of ether oxygens (including phenoxy) is 1. The van der Waals surface area contributed by atoms with E-state index >= 15 is 0 Å². The van der Waals surface area contributed by atoms with Crippen LogP contribution in [0.5, 0.6) is 0 Å². The van der Waals surface area contributed by atoms with Gasteiger partial charge in [0.1, 0.15) is 0 Å². The summed E-state index contributed by atoms with van der Waals surface area (Å²) in [6.45, 7) is 15.3. The van der Waals surface area contributed by atoms with Crippen molar-refractivity contribution in [2.24, 2.45) is 17.3 Å². The molecule has 0 amide bonds. The molecule has 106 valence electrons. The highest BCUT2D eigenvalue weighted by Crippen LogP contribution is 2.58. The predicted molar refractivity (Wildman–Crippen MR) is 74.5 cm³/mol. The van der Waals surface area contributed by atoms with E-state index in [1.807, 2.05) is 0 Å². The third-order valence-electron chi connectivity index (χ3n) is 5.15. The molecule has 2 rings (SSSR count). The maximum atomic E-state index is 11.3. The first-order valence-electron chi connectivity index (χ1n) is 7.31. The van der Waals surface area contributed by atoms with Crippen molar-refractivity contribution in [1.82, 2.24) is 0 Å². The lowest BCUT2D eigenvalue weighted by Gasteiger charge is -2.41. The van der Waals surface area contributed by atoms with Crippen LogP contribution in [-0.2, 0) is 4.74 Å². The standard InChI is InChI=1S/C16H30O2/c1-11-8-13(2,3)10-16(11,17)12-9-14(4,5)18-15(12,6)7/h11-12,17H,8-10H2,1-7H3. The molecule has 0 bridgehead atoms. The van der Waals surface area contributed by atoms with Crippen LogP contribution in [-0.4, -0.2) is 21.9 Å². The van der Waals surface area contributed by atoms with E-state index in [2.05, 4.69) is 48.5 Å². The van der Waals surface area contributed by atoms with Crippen LogP contribution in [0, 0.1) is 17.3 Å². The maximum Gasteiger partial charge on any atom is 0.0734 e. The fraction of sp³-hybridized carbons (Fsp3) is 1.00. The molecule has 1 aliphatic carbocycles. The van der Waals surface area contributed by atoms with Crippen LogP contribution >= 0.6 is 0 Å². The number of rotatable bonds is 1. The first-order valence-corrected chi connectivity index (χ1v) is 7.31. The molecule has 1 aliphatic heterocycles. The van der Waals surface area contributed by atoms with Crippen molar-refractivity contribution in [2.45, 2.75) is 84.5 Å². The molecule has 2 aliphatic rings. The highest BCUT2D eigenvalue weighted by atomic mass is 16.5. The summed E-state index contributed by atoms with van der Waals surface area (Å²) in [5, 5.41) is 11.3.